The number of rotatable bonds is 5. The molecule has 25 heavy (non-hydrogen) atoms. The number of anilines is 1. The van der Waals surface area contributed by atoms with Gasteiger partial charge in [0.1, 0.15) is 11.3 Å². The quantitative estimate of drug-likeness (QED) is 0.612. The van der Waals surface area contributed by atoms with Crippen molar-refractivity contribution in [2.45, 2.75) is 31.8 Å². The zero-order valence-electron chi connectivity index (χ0n) is 13.4. The van der Waals surface area contributed by atoms with E-state index in [0.717, 1.165) is 24.7 Å². The molecule has 0 spiro atoms. The average Bonchev–Trinajstić information content (AvgIpc) is 3.09. The lowest BCUT2D eigenvalue weighted by molar-refractivity contribution is -0.385. The van der Waals surface area contributed by atoms with Crippen molar-refractivity contribution in [1.29, 1.82) is 0 Å². The molecule has 1 saturated carbocycles. The van der Waals surface area contributed by atoms with Crippen LogP contribution < -0.4 is 10.1 Å². The van der Waals surface area contributed by atoms with Crippen molar-refractivity contribution in [3.8, 4) is 5.75 Å². The van der Waals surface area contributed by atoms with Crippen molar-refractivity contribution in [2.75, 3.05) is 5.32 Å². The van der Waals surface area contributed by atoms with Crippen LogP contribution in [0.15, 0.2) is 42.5 Å². The van der Waals surface area contributed by atoms with Gasteiger partial charge in [0, 0.05) is 16.8 Å². The molecule has 2 aromatic rings. The lowest BCUT2D eigenvalue weighted by Crippen LogP contribution is -2.14. The van der Waals surface area contributed by atoms with Crippen LogP contribution in [0.3, 0.4) is 0 Å². The van der Waals surface area contributed by atoms with Gasteiger partial charge in [0.25, 0.3) is 11.6 Å². The van der Waals surface area contributed by atoms with Crippen molar-refractivity contribution in [3.05, 3.63) is 63.2 Å². The topological polar surface area (TPSA) is 81.5 Å². The van der Waals surface area contributed by atoms with Crippen LogP contribution in [-0.4, -0.2) is 16.9 Å². The van der Waals surface area contributed by atoms with Gasteiger partial charge in [-0.05, 0) is 62.1 Å². The minimum absolute atomic E-state index is 0.0410. The molecule has 1 aliphatic carbocycles. The van der Waals surface area contributed by atoms with Gasteiger partial charge in [0.15, 0.2) is 0 Å². The predicted molar refractivity (Wildman–Crippen MR) is 95.4 cm³/mol. The van der Waals surface area contributed by atoms with Gasteiger partial charge < -0.3 is 10.1 Å². The number of nitro groups is 1. The molecule has 0 bridgehead atoms. The highest BCUT2D eigenvalue weighted by atomic mass is 35.5. The number of amides is 1. The first kappa shape index (κ1) is 17.2. The highest BCUT2D eigenvalue weighted by Crippen LogP contribution is 2.26. The Bertz CT molecular complexity index is 786. The van der Waals surface area contributed by atoms with Crippen LogP contribution >= 0.6 is 11.6 Å². The second kappa shape index (κ2) is 7.53. The van der Waals surface area contributed by atoms with E-state index in [-0.39, 0.29) is 22.4 Å². The van der Waals surface area contributed by atoms with Gasteiger partial charge in [-0.25, -0.2) is 0 Å². The van der Waals surface area contributed by atoms with Crippen molar-refractivity contribution in [3.63, 3.8) is 0 Å². The standard InChI is InChI=1S/C18H17ClN2O4/c19-12-5-10-16(17(11-12)21(23)24)18(22)20-13-6-8-15(9-7-13)25-14-3-1-2-4-14/h5-11,14H,1-4H2,(H,20,22). The minimum Gasteiger partial charge on any atom is -0.490 e. The molecule has 2 aromatic carbocycles. The van der Waals surface area contributed by atoms with Crippen LogP contribution in [0.1, 0.15) is 36.0 Å². The summed E-state index contributed by atoms with van der Waals surface area (Å²) in [6.45, 7) is 0. The molecule has 1 N–H and O–H groups in total. The molecule has 3 rings (SSSR count). The largest absolute Gasteiger partial charge is 0.490 e. The summed E-state index contributed by atoms with van der Waals surface area (Å²) in [6.07, 6.45) is 4.78. The Hall–Kier alpha value is -2.60. The minimum atomic E-state index is -0.626. The Morgan fingerprint density at radius 2 is 1.84 bits per heavy atom. The molecule has 6 nitrogen and oxygen atoms in total. The summed E-state index contributed by atoms with van der Waals surface area (Å²) < 4.78 is 5.87. The van der Waals surface area contributed by atoms with Crippen LogP contribution in [0.4, 0.5) is 11.4 Å². The van der Waals surface area contributed by atoms with Crippen molar-refractivity contribution >= 4 is 28.9 Å². The molecule has 0 unspecified atom stereocenters. The average molecular weight is 361 g/mol. The number of carbonyl (C=O) groups is 1. The number of ether oxygens (including phenoxy) is 1. The summed E-state index contributed by atoms with van der Waals surface area (Å²) in [6, 6.07) is 10.9. The number of hydrogen-bond acceptors (Lipinski definition) is 4. The number of nitro benzene ring substituents is 1. The van der Waals surface area contributed by atoms with E-state index in [2.05, 4.69) is 5.32 Å². The molecular weight excluding hydrogens is 344 g/mol. The van der Waals surface area contributed by atoms with Crippen molar-refractivity contribution in [1.82, 2.24) is 0 Å². The molecule has 0 radical (unpaired) electrons. The first-order valence-electron chi connectivity index (χ1n) is 8.05. The molecule has 1 amide bonds. The molecule has 7 heteroatoms. The SMILES string of the molecule is O=C(Nc1ccc(OC2CCCC2)cc1)c1ccc(Cl)cc1[N+](=O)[O-]. The number of halogens is 1. The summed E-state index contributed by atoms with van der Waals surface area (Å²) >= 11 is 5.76. The van der Waals surface area contributed by atoms with Crippen LogP contribution in [0, 0.1) is 10.1 Å². The van der Waals surface area contributed by atoms with Crippen molar-refractivity contribution < 1.29 is 14.5 Å². The fraction of sp³-hybridized carbons (Fsp3) is 0.278. The Morgan fingerprint density at radius 3 is 2.48 bits per heavy atom. The zero-order chi connectivity index (χ0) is 17.8. The smallest absolute Gasteiger partial charge is 0.283 e. The lowest BCUT2D eigenvalue weighted by Gasteiger charge is -2.13. The predicted octanol–water partition coefficient (Wildman–Crippen LogP) is 4.82. The maximum Gasteiger partial charge on any atom is 0.283 e. The van der Waals surface area contributed by atoms with E-state index in [1.165, 1.54) is 25.0 Å². The fourth-order valence-corrected chi connectivity index (χ4v) is 3.03. The Morgan fingerprint density at radius 1 is 1.16 bits per heavy atom. The van der Waals surface area contributed by atoms with Gasteiger partial charge in [-0.15, -0.1) is 0 Å². The zero-order valence-corrected chi connectivity index (χ0v) is 14.2. The van der Waals surface area contributed by atoms with Gasteiger partial charge in [0.05, 0.1) is 11.0 Å². The van der Waals surface area contributed by atoms with Gasteiger partial charge in [-0.3, -0.25) is 14.9 Å². The third-order valence-corrected chi connectivity index (χ3v) is 4.35. The second-order valence-electron chi connectivity index (χ2n) is 5.92. The second-order valence-corrected chi connectivity index (χ2v) is 6.36. The fourth-order valence-electron chi connectivity index (χ4n) is 2.86. The third-order valence-electron chi connectivity index (χ3n) is 4.12. The summed E-state index contributed by atoms with van der Waals surface area (Å²) in [5, 5.41) is 13.9. The van der Waals surface area contributed by atoms with Crippen molar-refractivity contribution in [2.24, 2.45) is 0 Å². The van der Waals surface area contributed by atoms with Crippen LogP contribution in [-0.2, 0) is 0 Å². The third kappa shape index (κ3) is 4.28. The van der Waals surface area contributed by atoms with E-state index < -0.39 is 10.8 Å². The number of nitrogens with zero attached hydrogens (tertiary/aromatic N) is 1. The molecule has 0 atom stereocenters. The Kier molecular flexibility index (Phi) is 5.19. The number of nitrogens with one attached hydrogen (secondary N) is 1. The molecule has 0 aliphatic heterocycles. The van der Waals surface area contributed by atoms with Gasteiger partial charge in [0.2, 0.25) is 0 Å². The maximum absolute atomic E-state index is 12.3. The Balaban J connectivity index is 1.69. The molecule has 130 valence electrons. The number of hydrogen-bond donors (Lipinski definition) is 1. The summed E-state index contributed by atoms with van der Waals surface area (Å²) in [4.78, 5) is 22.8. The van der Waals surface area contributed by atoms with E-state index in [0.29, 0.717) is 5.69 Å². The van der Waals surface area contributed by atoms with Gasteiger partial charge in [-0.2, -0.15) is 0 Å². The maximum atomic E-state index is 12.3. The van der Waals surface area contributed by atoms with E-state index in [1.807, 2.05) is 0 Å². The van der Waals surface area contributed by atoms with Crippen LogP contribution in [0.25, 0.3) is 0 Å². The molecule has 0 saturated heterocycles. The summed E-state index contributed by atoms with van der Waals surface area (Å²) in [5.41, 5.74) is 0.167. The van der Waals surface area contributed by atoms with E-state index in [9.17, 15) is 14.9 Å². The number of carbonyl (C=O) groups excluding carboxylic acids is 1. The van der Waals surface area contributed by atoms with E-state index in [4.69, 9.17) is 16.3 Å². The van der Waals surface area contributed by atoms with Crippen LogP contribution in [0.5, 0.6) is 5.75 Å². The normalized spacial score (nSPS) is 14.3. The highest BCUT2D eigenvalue weighted by Gasteiger charge is 2.21. The lowest BCUT2D eigenvalue weighted by atomic mass is 10.1. The first-order chi connectivity index (χ1) is 12.0. The molecular formula is C18H17ClN2O4. The molecule has 1 aliphatic rings. The monoisotopic (exact) mass is 360 g/mol. The molecule has 0 heterocycles. The highest BCUT2D eigenvalue weighted by molar-refractivity contribution is 6.31. The van der Waals surface area contributed by atoms with E-state index >= 15 is 0 Å². The molecule has 0 aromatic heterocycles. The summed E-state index contributed by atoms with van der Waals surface area (Å²) in [5.74, 6) is 0.190. The summed E-state index contributed by atoms with van der Waals surface area (Å²) in [7, 11) is 0. The molecule has 1 fully saturated rings. The van der Waals surface area contributed by atoms with E-state index in [1.54, 1.807) is 24.3 Å². The van der Waals surface area contributed by atoms with Gasteiger partial charge in [-0.1, -0.05) is 11.6 Å². The first-order valence-corrected chi connectivity index (χ1v) is 8.43. The Labute approximate surface area is 149 Å². The van der Waals surface area contributed by atoms with Gasteiger partial charge >= 0.3 is 0 Å². The van der Waals surface area contributed by atoms with Crippen LogP contribution in [0.2, 0.25) is 5.02 Å². The number of benzene rings is 2.